The number of amides is 2. The molecule has 1 fully saturated rings. The van der Waals surface area contributed by atoms with E-state index in [2.05, 4.69) is 10.6 Å². The van der Waals surface area contributed by atoms with E-state index in [0.717, 1.165) is 18.9 Å². The fourth-order valence-corrected chi connectivity index (χ4v) is 2.23. The minimum atomic E-state index is -0.200. The zero-order chi connectivity index (χ0) is 16.5. The molecule has 1 atom stereocenters. The highest BCUT2D eigenvalue weighted by atomic mass is 16.5. The highest BCUT2D eigenvalue weighted by Crippen LogP contribution is 2.28. The van der Waals surface area contributed by atoms with Crippen molar-refractivity contribution in [2.24, 2.45) is 5.92 Å². The number of nitrogens with one attached hydrogen (secondary N) is 2. The van der Waals surface area contributed by atoms with E-state index in [9.17, 15) is 9.59 Å². The first-order valence-electron chi connectivity index (χ1n) is 8.35. The van der Waals surface area contributed by atoms with E-state index in [1.54, 1.807) is 12.1 Å². The van der Waals surface area contributed by atoms with Crippen molar-refractivity contribution >= 4 is 11.8 Å². The van der Waals surface area contributed by atoms with Crippen LogP contribution in [0.4, 0.5) is 0 Å². The second-order valence-corrected chi connectivity index (χ2v) is 6.17. The summed E-state index contributed by atoms with van der Waals surface area (Å²) >= 11 is 0. The summed E-state index contributed by atoms with van der Waals surface area (Å²) in [6, 6.07) is 8.80. The third-order valence-electron chi connectivity index (χ3n) is 3.74. The van der Waals surface area contributed by atoms with Crippen molar-refractivity contribution in [2.75, 3.05) is 19.8 Å². The normalized spacial score (nSPS) is 15.0. The molecule has 126 valence electrons. The van der Waals surface area contributed by atoms with Crippen LogP contribution in [0.1, 0.15) is 43.0 Å². The number of ether oxygens (including phenoxy) is 1. The minimum Gasteiger partial charge on any atom is -0.381 e. The van der Waals surface area contributed by atoms with Gasteiger partial charge in [-0.3, -0.25) is 9.59 Å². The second kappa shape index (κ2) is 9.30. The molecule has 0 spiro atoms. The van der Waals surface area contributed by atoms with E-state index in [-0.39, 0.29) is 24.3 Å². The van der Waals surface area contributed by atoms with E-state index >= 15 is 0 Å². The van der Waals surface area contributed by atoms with Crippen molar-refractivity contribution in [3.8, 4) is 0 Å². The molecule has 5 heteroatoms. The first-order chi connectivity index (χ1) is 11.1. The summed E-state index contributed by atoms with van der Waals surface area (Å²) in [5, 5.41) is 5.69. The number of rotatable bonds is 10. The predicted molar refractivity (Wildman–Crippen MR) is 89.2 cm³/mol. The smallest absolute Gasteiger partial charge is 0.251 e. The Labute approximate surface area is 137 Å². The average molecular weight is 318 g/mol. The molecule has 1 saturated carbocycles. The molecule has 0 saturated heterocycles. The van der Waals surface area contributed by atoms with E-state index in [0.29, 0.717) is 18.7 Å². The molecule has 0 aliphatic heterocycles. The van der Waals surface area contributed by atoms with Gasteiger partial charge in [0, 0.05) is 37.8 Å². The third-order valence-corrected chi connectivity index (χ3v) is 3.74. The Morgan fingerprint density at radius 2 is 2.00 bits per heavy atom. The van der Waals surface area contributed by atoms with Crippen LogP contribution in [0.5, 0.6) is 0 Å². The molecule has 0 aromatic heterocycles. The summed E-state index contributed by atoms with van der Waals surface area (Å²) in [6.45, 7) is 4.00. The Morgan fingerprint density at radius 1 is 1.26 bits per heavy atom. The zero-order valence-electron chi connectivity index (χ0n) is 13.7. The van der Waals surface area contributed by atoms with E-state index in [4.69, 9.17) is 4.74 Å². The van der Waals surface area contributed by atoms with Gasteiger partial charge in [-0.25, -0.2) is 0 Å². The van der Waals surface area contributed by atoms with Gasteiger partial charge in [-0.2, -0.15) is 0 Å². The highest BCUT2D eigenvalue weighted by molar-refractivity contribution is 5.94. The lowest BCUT2D eigenvalue weighted by atomic mass is 10.1. The van der Waals surface area contributed by atoms with Crippen LogP contribution in [0, 0.1) is 5.92 Å². The molecule has 5 nitrogen and oxygen atoms in total. The third kappa shape index (κ3) is 7.28. The van der Waals surface area contributed by atoms with Crippen LogP contribution in [-0.4, -0.2) is 37.6 Å². The van der Waals surface area contributed by atoms with Crippen LogP contribution in [0.25, 0.3) is 0 Å². The molecule has 1 aliphatic carbocycles. The van der Waals surface area contributed by atoms with Gasteiger partial charge in [-0.1, -0.05) is 18.2 Å². The van der Waals surface area contributed by atoms with Crippen molar-refractivity contribution in [3.63, 3.8) is 0 Å². The van der Waals surface area contributed by atoms with Gasteiger partial charge in [-0.05, 0) is 44.2 Å². The standard InChI is InChI=1S/C18H26N2O3/c1-14(20-18(22)16-6-3-2-4-7-16)12-17(21)19-10-5-11-23-13-15-8-9-15/h2-4,6-7,14-15H,5,8-13H2,1H3,(H,19,21)(H,20,22)/t14-/m0/s1. The average Bonchev–Trinajstić information content (AvgIpc) is 3.35. The Kier molecular flexibility index (Phi) is 7.07. The monoisotopic (exact) mass is 318 g/mol. The van der Waals surface area contributed by atoms with Crippen molar-refractivity contribution in [3.05, 3.63) is 35.9 Å². The lowest BCUT2D eigenvalue weighted by Gasteiger charge is -2.14. The number of carbonyl (C=O) groups is 2. The molecule has 1 aliphatic rings. The number of carbonyl (C=O) groups excluding carboxylic acids is 2. The summed E-state index contributed by atoms with van der Waals surface area (Å²) in [6.07, 6.45) is 3.69. The molecule has 2 amide bonds. The fraction of sp³-hybridized carbons (Fsp3) is 0.556. The van der Waals surface area contributed by atoms with Gasteiger partial charge in [0.2, 0.25) is 5.91 Å². The molecular weight excluding hydrogens is 292 g/mol. The summed E-state index contributed by atoms with van der Waals surface area (Å²) in [5.74, 6) is 0.575. The molecule has 0 radical (unpaired) electrons. The fourth-order valence-electron chi connectivity index (χ4n) is 2.23. The first-order valence-corrected chi connectivity index (χ1v) is 8.35. The van der Waals surface area contributed by atoms with Crippen LogP contribution in [0.3, 0.4) is 0 Å². The van der Waals surface area contributed by atoms with Crippen molar-refractivity contribution < 1.29 is 14.3 Å². The van der Waals surface area contributed by atoms with Crippen LogP contribution in [0.2, 0.25) is 0 Å². The summed E-state index contributed by atoms with van der Waals surface area (Å²) < 4.78 is 5.51. The number of benzene rings is 1. The Morgan fingerprint density at radius 3 is 2.70 bits per heavy atom. The van der Waals surface area contributed by atoms with Gasteiger partial charge in [-0.15, -0.1) is 0 Å². The maximum absolute atomic E-state index is 12.0. The largest absolute Gasteiger partial charge is 0.381 e. The molecule has 2 N–H and O–H groups in total. The molecule has 0 unspecified atom stereocenters. The van der Waals surface area contributed by atoms with Gasteiger partial charge in [0.05, 0.1) is 0 Å². The number of hydrogen-bond acceptors (Lipinski definition) is 3. The minimum absolute atomic E-state index is 0.0481. The molecular formula is C18H26N2O3. The summed E-state index contributed by atoms with van der Waals surface area (Å²) in [5.41, 5.74) is 0.604. The van der Waals surface area contributed by atoms with Crippen molar-refractivity contribution in [1.82, 2.24) is 10.6 Å². The molecule has 0 heterocycles. The SMILES string of the molecule is C[C@@H](CC(=O)NCCCOCC1CC1)NC(=O)c1ccccc1. The van der Waals surface area contributed by atoms with Crippen LogP contribution in [0.15, 0.2) is 30.3 Å². The topological polar surface area (TPSA) is 67.4 Å². The van der Waals surface area contributed by atoms with Crippen molar-refractivity contribution in [2.45, 2.75) is 38.6 Å². The Bertz CT molecular complexity index is 500. The summed E-state index contributed by atoms with van der Waals surface area (Å²) in [7, 11) is 0. The highest BCUT2D eigenvalue weighted by Gasteiger charge is 2.20. The van der Waals surface area contributed by atoms with Gasteiger partial charge >= 0.3 is 0 Å². The van der Waals surface area contributed by atoms with Gasteiger partial charge in [0.25, 0.3) is 5.91 Å². The molecule has 1 aromatic rings. The van der Waals surface area contributed by atoms with Crippen LogP contribution >= 0.6 is 0 Å². The molecule has 2 rings (SSSR count). The molecule has 23 heavy (non-hydrogen) atoms. The number of hydrogen-bond donors (Lipinski definition) is 2. The first kappa shape index (κ1) is 17.5. The van der Waals surface area contributed by atoms with E-state index in [1.165, 1.54) is 12.8 Å². The van der Waals surface area contributed by atoms with Gasteiger partial charge < -0.3 is 15.4 Å². The lowest BCUT2D eigenvalue weighted by Crippen LogP contribution is -2.37. The summed E-state index contributed by atoms with van der Waals surface area (Å²) in [4.78, 5) is 23.8. The lowest BCUT2D eigenvalue weighted by molar-refractivity contribution is -0.121. The maximum atomic E-state index is 12.0. The molecule has 1 aromatic carbocycles. The van der Waals surface area contributed by atoms with Gasteiger partial charge in [0.15, 0.2) is 0 Å². The van der Waals surface area contributed by atoms with Crippen molar-refractivity contribution in [1.29, 1.82) is 0 Å². The van der Waals surface area contributed by atoms with E-state index < -0.39 is 0 Å². The zero-order valence-corrected chi connectivity index (χ0v) is 13.7. The molecule has 0 bridgehead atoms. The van der Waals surface area contributed by atoms with Gasteiger partial charge in [0.1, 0.15) is 0 Å². The quantitative estimate of drug-likeness (QED) is 0.649. The maximum Gasteiger partial charge on any atom is 0.251 e. The Balaban J connectivity index is 1.54. The second-order valence-electron chi connectivity index (χ2n) is 6.17. The predicted octanol–water partition coefficient (Wildman–Crippen LogP) is 2.13. The van der Waals surface area contributed by atoms with Crippen LogP contribution < -0.4 is 10.6 Å². The Hall–Kier alpha value is -1.88. The van der Waals surface area contributed by atoms with Crippen LogP contribution in [-0.2, 0) is 9.53 Å². The van der Waals surface area contributed by atoms with E-state index in [1.807, 2.05) is 25.1 Å².